The Morgan fingerprint density at radius 1 is 1.23 bits per heavy atom. The van der Waals surface area contributed by atoms with E-state index in [-0.39, 0.29) is 0 Å². The number of hydrogen-bond donors (Lipinski definition) is 0. The number of aryl methyl sites for hydroxylation is 4. The second-order valence-corrected chi connectivity index (χ2v) is 5.38. The van der Waals surface area contributed by atoms with Crippen LogP contribution in [-0.4, -0.2) is 43.3 Å². The number of imidazole rings is 1. The van der Waals surface area contributed by atoms with E-state index in [9.17, 15) is 0 Å². The van der Waals surface area contributed by atoms with Crippen LogP contribution in [0.5, 0.6) is 0 Å². The minimum Gasteiger partial charge on any atom is -0.426 e. The fraction of sp³-hybridized carbons (Fsp3) is 0.500. The van der Waals surface area contributed by atoms with E-state index in [4.69, 9.17) is 4.42 Å². The third-order valence-corrected chi connectivity index (χ3v) is 3.53. The van der Waals surface area contributed by atoms with Crippen LogP contribution in [0.4, 0.5) is 5.95 Å². The van der Waals surface area contributed by atoms with Gasteiger partial charge in [-0.1, -0.05) is 0 Å². The Morgan fingerprint density at radius 3 is 2.77 bits per heavy atom. The molecule has 0 aliphatic carbocycles. The van der Waals surface area contributed by atoms with Crippen molar-refractivity contribution in [1.82, 2.24) is 29.7 Å². The molecule has 0 aliphatic heterocycles. The second kappa shape index (κ2) is 5.70. The SMILES string of the molecule is Cc1nnc(CCCN(C)c2nc(C)c3c(ncn3C)n2)o1. The van der Waals surface area contributed by atoms with Gasteiger partial charge in [-0.05, 0) is 13.3 Å². The highest BCUT2D eigenvalue weighted by Crippen LogP contribution is 2.17. The molecular formula is C14H19N7O. The number of nitrogens with zero attached hydrogens (tertiary/aromatic N) is 7. The summed E-state index contributed by atoms with van der Waals surface area (Å²) in [5.41, 5.74) is 2.63. The Hall–Kier alpha value is -2.51. The molecule has 0 aliphatic rings. The number of aromatic nitrogens is 6. The standard InChI is InChI=1S/C14H19N7O/c1-9-12-13(15-8-21(12)4)17-14(16-9)20(3)7-5-6-11-19-18-10(2)22-11/h8H,5-7H2,1-4H3. The first-order valence-corrected chi connectivity index (χ1v) is 7.20. The van der Waals surface area contributed by atoms with E-state index in [1.165, 1.54) is 0 Å². The Kier molecular flexibility index (Phi) is 3.74. The number of hydrogen-bond acceptors (Lipinski definition) is 7. The Bertz CT molecular complexity index is 792. The molecule has 8 heteroatoms. The highest BCUT2D eigenvalue weighted by atomic mass is 16.4. The highest BCUT2D eigenvalue weighted by Gasteiger charge is 2.12. The van der Waals surface area contributed by atoms with E-state index in [0.29, 0.717) is 17.7 Å². The predicted molar refractivity (Wildman–Crippen MR) is 81.7 cm³/mol. The van der Waals surface area contributed by atoms with Gasteiger partial charge in [-0.3, -0.25) is 0 Å². The van der Waals surface area contributed by atoms with E-state index in [1.54, 1.807) is 13.3 Å². The molecule has 0 radical (unpaired) electrons. The minimum absolute atomic E-state index is 0.600. The van der Waals surface area contributed by atoms with Crippen LogP contribution in [0.2, 0.25) is 0 Å². The molecule has 3 heterocycles. The molecule has 0 aromatic carbocycles. The molecule has 0 saturated heterocycles. The maximum absolute atomic E-state index is 5.37. The first-order chi connectivity index (χ1) is 10.5. The van der Waals surface area contributed by atoms with Crippen molar-refractivity contribution in [2.24, 2.45) is 7.05 Å². The van der Waals surface area contributed by atoms with Crippen molar-refractivity contribution in [3.63, 3.8) is 0 Å². The molecule has 22 heavy (non-hydrogen) atoms. The molecule has 0 N–H and O–H groups in total. The molecule has 116 valence electrons. The van der Waals surface area contributed by atoms with Crippen molar-refractivity contribution in [2.45, 2.75) is 26.7 Å². The fourth-order valence-electron chi connectivity index (χ4n) is 2.42. The third kappa shape index (κ3) is 2.76. The lowest BCUT2D eigenvalue weighted by Gasteiger charge is -2.16. The lowest BCUT2D eigenvalue weighted by atomic mass is 10.3. The topological polar surface area (TPSA) is 85.8 Å². The van der Waals surface area contributed by atoms with Crippen LogP contribution < -0.4 is 4.90 Å². The van der Waals surface area contributed by atoms with Gasteiger partial charge in [-0.25, -0.2) is 9.97 Å². The molecule has 8 nitrogen and oxygen atoms in total. The zero-order chi connectivity index (χ0) is 15.7. The quantitative estimate of drug-likeness (QED) is 0.704. The molecule has 0 atom stereocenters. The summed E-state index contributed by atoms with van der Waals surface area (Å²) in [6.07, 6.45) is 3.39. The average molecular weight is 301 g/mol. The van der Waals surface area contributed by atoms with E-state index in [0.717, 1.165) is 36.2 Å². The van der Waals surface area contributed by atoms with Gasteiger partial charge in [0.1, 0.15) is 5.52 Å². The molecule has 3 rings (SSSR count). The number of anilines is 1. The highest BCUT2D eigenvalue weighted by molar-refractivity contribution is 5.74. The van der Waals surface area contributed by atoms with E-state index in [1.807, 2.05) is 30.5 Å². The van der Waals surface area contributed by atoms with E-state index >= 15 is 0 Å². The smallest absolute Gasteiger partial charge is 0.227 e. The molecule has 0 unspecified atom stereocenters. The normalized spacial score (nSPS) is 11.3. The van der Waals surface area contributed by atoms with E-state index < -0.39 is 0 Å². The summed E-state index contributed by atoms with van der Waals surface area (Å²) in [6.45, 7) is 4.57. The van der Waals surface area contributed by atoms with Gasteiger partial charge in [0.25, 0.3) is 0 Å². The van der Waals surface area contributed by atoms with Gasteiger partial charge in [-0.15, -0.1) is 10.2 Å². The van der Waals surface area contributed by atoms with Crippen LogP contribution in [0.3, 0.4) is 0 Å². The lowest BCUT2D eigenvalue weighted by Crippen LogP contribution is -2.22. The van der Waals surface area contributed by atoms with Gasteiger partial charge >= 0.3 is 0 Å². The lowest BCUT2D eigenvalue weighted by molar-refractivity contribution is 0.462. The van der Waals surface area contributed by atoms with Crippen molar-refractivity contribution in [1.29, 1.82) is 0 Å². The summed E-state index contributed by atoms with van der Waals surface area (Å²) in [7, 11) is 3.92. The molecule has 0 saturated carbocycles. The number of rotatable bonds is 5. The summed E-state index contributed by atoms with van der Waals surface area (Å²) in [4.78, 5) is 15.4. The van der Waals surface area contributed by atoms with Crippen molar-refractivity contribution < 1.29 is 4.42 Å². The summed E-state index contributed by atoms with van der Waals surface area (Å²) in [5, 5.41) is 7.82. The molecule has 0 spiro atoms. The van der Waals surface area contributed by atoms with Crippen LogP contribution in [-0.2, 0) is 13.5 Å². The summed E-state index contributed by atoms with van der Waals surface area (Å²) < 4.78 is 7.30. The molecule has 0 fully saturated rings. The molecule has 0 bridgehead atoms. The molecule has 3 aromatic rings. The Balaban J connectivity index is 1.68. The minimum atomic E-state index is 0.600. The largest absolute Gasteiger partial charge is 0.426 e. The first-order valence-electron chi connectivity index (χ1n) is 7.20. The van der Waals surface area contributed by atoms with E-state index in [2.05, 4.69) is 25.1 Å². The predicted octanol–water partition coefficient (Wildman–Crippen LogP) is 1.43. The molecular weight excluding hydrogens is 282 g/mol. The average Bonchev–Trinajstić information content (AvgIpc) is 3.05. The van der Waals surface area contributed by atoms with Gasteiger partial charge in [-0.2, -0.15) is 4.98 Å². The summed E-state index contributed by atoms with van der Waals surface area (Å²) in [5.74, 6) is 1.96. The molecule has 3 aromatic heterocycles. The van der Waals surface area contributed by atoms with Crippen LogP contribution in [0.1, 0.15) is 23.9 Å². The zero-order valence-electron chi connectivity index (χ0n) is 13.2. The van der Waals surface area contributed by atoms with Crippen LogP contribution in [0, 0.1) is 13.8 Å². The van der Waals surface area contributed by atoms with Gasteiger partial charge in [0, 0.05) is 34.0 Å². The van der Waals surface area contributed by atoms with Gasteiger partial charge in [0.05, 0.1) is 12.0 Å². The summed E-state index contributed by atoms with van der Waals surface area (Å²) in [6, 6.07) is 0. The van der Waals surface area contributed by atoms with Crippen molar-refractivity contribution in [2.75, 3.05) is 18.5 Å². The van der Waals surface area contributed by atoms with Crippen molar-refractivity contribution in [3.8, 4) is 0 Å². The van der Waals surface area contributed by atoms with Gasteiger partial charge in [0.15, 0.2) is 5.65 Å². The fourth-order valence-corrected chi connectivity index (χ4v) is 2.42. The zero-order valence-corrected chi connectivity index (χ0v) is 13.2. The van der Waals surface area contributed by atoms with Crippen molar-refractivity contribution >= 4 is 17.1 Å². The number of fused-ring (bicyclic) bond motifs is 1. The van der Waals surface area contributed by atoms with Crippen LogP contribution in [0.25, 0.3) is 11.2 Å². The third-order valence-electron chi connectivity index (χ3n) is 3.53. The van der Waals surface area contributed by atoms with Crippen molar-refractivity contribution in [3.05, 3.63) is 23.8 Å². The summed E-state index contributed by atoms with van der Waals surface area (Å²) >= 11 is 0. The first kappa shape index (κ1) is 14.4. The maximum atomic E-state index is 5.37. The van der Waals surface area contributed by atoms with Crippen LogP contribution in [0.15, 0.2) is 10.7 Å². The van der Waals surface area contributed by atoms with Crippen LogP contribution >= 0.6 is 0 Å². The Morgan fingerprint density at radius 2 is 2.05 bits per heavy atom. The second-order valence-electron chi connectivity index (χ2n) is 5.38. The van der Waals surface area contributed by atoms with Gasteiger partial charge < -0.3 is 13.9 Å². The Labute approximate surface area is 128 Å². The molecule has 0 amide bonds. The van der Waals surface area contributed by atoms with Gasteiger partial charge in [0.2, 0.25) is 17.7 Å². The maximum Gasteiger partial charge on any atom is 0.227 e. The monoisotopic (exact) mass is 301 g/mol.